The van der Waals surface area contributed by atoms with Crippen molar-refractivity contribution in [2.75, 3.05) is 36.0 Å². The molecule has 0 radical (unpaired) electrons. The molecule has 0 spiro atoms. The normalized spacial score (nSPS) is 19.2. The lowest BCUT2D eigenvalue weighted by molar-refractivity contribution is 0.623. The van der Waals surface area contributed by atoms with E-state index in [2.05, 4.69) is 43.9 Å². The number of nitrogens with zero attached hydrogens (tertiary/aromatic N) is 2. The van der Waals surface area contributed by atoms with E-state index in [-0.39, 0.29) is 0 Å². The molecule has 3 aliphatic heterocycles. The van der Waals surface area contributed by atoms with Gasteiger partial charge in [-0.05, 0) is 28.1 Å². The third-order valence-electron chi connectivity index (χ3n) is 2.90. The molecular weight excluding hydrogens is 228 g/mol. The van der Waals surface area contributed by atoms with Crippen LogP contribution in [0, 0.1) is 0 Å². The Bertz CT molecular complexity index is 343. The molecule has 0 atom stereocenters. The van der Waals surface area contributed by atoms with Crippen molar-refractivity contribution in [1.82, 2.24) is 0 Å². The van der Waals surface area contributed by atoms with Crippen LogP contribution in [0.15, 0.2) is 22.7 Å². The molecule has 3 heteroatoms. The first-order valence-corrected chi connectivity index (χ1v) is 5.44. The second-order valence-corrected chi connectivity index (χ2v) is 4.44. The Morgan fingerprint density at radius 2 is 1.69 bits per heavy atom. The van der Waals surface area contributed by atoms with Gasteiger partial charge in [-0.1, -0.05) is 6.07 Å². The highest BCUT2D eigenvalue weighted by Crippen LogP contribution is 2.41. The molecule has 0 N–H and O–H groups in total. The van der Waals surface area contributed by atoms with Gasteiger partial charge in [0.05, 0.1) is 11.4 Å². The standard InChI is InChI=1S/C10H11BrN2/c11-8-2-1-3-9-10(8)13-6-4-12(9)5-7-13/h1-3H,4-7H2. The first-order valence-electron chi connectivity index (χ1n) is 4.65. The minimum atomic E-state index is 1.18. The van der Waals surface area contributed by atoms with E-state index in [1.165, 1.54) is 42.0 Å². The number of rotatable bonds is 0. The lowest BCUT2D eigenvalue weighted by Crippen LogP contribution is -2.51. The number of piperazine rings is 1. The molecule has 1 aromatic rings. The number of halogens is 1. The summed E-state index contributed by atoms with van der Waals surface area (Å²) in [6, 6.07) is 6.46. The topological polar surface area (TPSA) is 6.48 Å². The molecule has 0 aromatic heterocycles. The Morgan fingerprint density at radius 1 is 1.00 bits per heavy atom. The van der Waals surface area contributed by atoms with Crippen molar-refractivity contribution >= 4 is 27.3 Å². The van der Waals surface area contributed by atoms with Gasteiger partial charge in [-0.3, -0.25) is 0 Å². The minimum Gasteiger partial charge on any atom is -0.366 e. The maximum atomic E-state index is 3.62. The molecule has 0 unspecified atom stereocenters. The van der Waals surface area contributed by atoms with E-state index in [1.807, 2.05) is 0 Å². The summed E-state index contributed by atoms with van der Waals surface area (Å²) >= 11 is 3.62. The van der Waals surface area contributed by atoms with Gasteiger partial charge in [0.25, 0.3) is 0 Å². The van der Waals surface area contributed by atoms with Gasteiger partial charge in [0.1, 0.15) is 0 Å². The fraction of sp³-hybridized carbons (Fsp3) is 0.400. The predicted octanol–water partition coefficient (Wildman–Crippen LogP) is 2.09. The third-order valence-corrected chi connectivity index (χ3v) is 3.54. The number of fused-ring (bicyclic) bond motifs is 2. The maximum absolute atomic E-state index is 3.62. The van der Waals surface area contributed by atoms with Crippen molar-refractivity contribution < 1.29 is 0 Å². The SMILES string of the molecule is Brc1cccc2c1N1CCN2CC1. The largest absolute Gasteiger partial charge is 0.366 e. The number of anilines is 2. The third kappa shape index (κ3) is 0.998. The van der Waals surface area contributed by atoms with Gasteiger partial charge in [0.2, 0.25) is 0 Å². The van der Waals surface area contributed by atoms with E-state index >= 15 is 0 Å². The fourth-order valence-corrected chi connectivity index (χ4v) is 2.85. The second kappa shape index (κ2) is 2.64. The summed E-state index contributed by atoms with van der Waals surface area (Å²) in [4.78, 5) is 4.94. The predicted molar refractivity (Wildman–Crippen MR) is 58.6 cm³/mol. The molecule has 0 amide bonds. The summed E-state index contributed by atoms with van der Waals surface area (Å²) in [6.07, 6.45) is 0. The van der Waals surface area contributed by atoms with Crippen LogP contribution in [-0.4, -0.2) is 26.2 Å². The van der Waals surface area contributed by atoms with E-state index in [4.69, 9.17) is 0 Å². The molecule has 1 fully saturated rings. The first-order chi connectivity index (χ1) is 6.36. The Balaban J connectivity index is 2.23. The van der Waals surface area contributed by atoms with Crippen molar-refractivity contribution in [1.29, 1.82) is 0 Å². The number of hydrogen-bond acceptors (Lipinski definition) is 2. The van der Waals surface area contributed by atoms with Gasteiger partial charge in [-0.2, -0.15) is 0 Å². The zero-order valence-electron chi connectivity index (χ0n) is 7.33. The van der Waals surface area contributed by atoms with Crippen molar-refractivity contribution in [2.45, 2.75) is 0 Å². The van der Waals surface area contributed by atoms with E-state index in [9.17, 15) is 0 Å². The summed E-state index contributed by atoms with van der Waals surface area (Å²) in [7, 11) is 0. The average Bonchev–Trinajstić information content (AvgIpc) is 2.20. The van der Waals surface area contributed by atoms with Crippen LogP contribution in [0.3, 0.4) is 0 Å². The van der Waals surface area contributed by atoms with Crippen LogP contribution in [0.25, 0.3) is 0 Å². The Morgan fingerprint density at radius 3 is 2.38 bits per heavy atom. The van der Waals surface area contributed by atoms with Gasteiger partial charge in [0, 0.05) is 30.7 Å². The number of para-hydroxylation sites is 1. The highest BCUT2D eigenvalue weighted by molar-refractivity contribution is 9.10. The van der Waals surface area contributed by atoms with Crippen LogP contribution in [0.4, 0.5) is 11.4 Å². The maximum Gasteiger partial charge on any atom is 0.0749 e. The highest BCUT2D eigenvalue weighted by Gasteiger charge is 2.28. The molecule has 68 valence electrons. The molecule has 13 heavy (non-hydrogen) atoms. The van der Waals surface area contributed by atoms with Crippen LogP contribution < -0.4 is 9.80 Å². The van der Waals surface area contributed by atoms with E-state index < -0.39 is 0 Å². The molecule has 1 aromatic carbocycles. The molecular formula is C10H11BrN2. The molecule has 2 nitrogen and oxygen atoms in total. The first kappa shape index (κ1) is 7.68. The molecule has 3 heterocycles. The summed E-state index contributed by atoms with van der Waals surface area (Å²) in [6.45, 7) is 4.72. The zero-order chi connectivity index (χ0) is 8.84. The minimum absolute atomic E-state index is 1.18. The molecule has 4 rings (SSSR count). The van der Waals surface area contributed by atoms with Crippen LogP contribution in [0.5, 0.6) is 0 Å². The second-order valence-electron chi connectivity index (χ2n) is 3.58. The quantitative estimate of drug-likeness (QED) is 0.684. The molecule has 1 saturated heterocycles. The monoisotopic (exact) mass is 238 g/mol. The highest BCUT2D eigenvalue weighted by atomic mass is 79.9. The Hall–Kier alpha value is -0.700. The summed E-state index contributed by atoms with van der Waals surface area (Å²) in [5, 5.41) is 0. The zero-order valence-corrected chi connectivity index (χ0v) is 8.92. The van der Waals surface area contributed by atoms with Gasteiger partial charge in [0.15, 0.2) is 0 Å². The van der Waals surface area contributed by atoms with E-state index in [0.29, 0.717) is 0 Å². The van der Waals surface area contributed by atoms with Crippen LogP contribution in [-0.2, 0) is 0 Å². The van der Waals surface area contributed by atoms with Crippen molar-refractivity contribution in [2.24, 2.45) is 0 Å². The molecule has 0 saturated carbocycles. The average molecular weight is 239 g/mol. The Kier molecular flexibility index (Phi) is 1.56. The van der Waals surface area contributed by atoms with Crippen molar-refractivity contribution in [3.05, 3.63) is 22.7 Å². The lowest BCUT2D eigenvalue weighted by atomic mass is 10.1. The number of benzene rings is 1. The summed E-state index contributed by atoms with van der Waals surface area (Å²) in [5.74, 6) is 0. The van der Waals surface area contributed by atoms with Crippen LogP contribution >= 0.6 is 15.9 Å². The Labute approximate surface area is 86.3 Å². The van der Waals surface area contributed by atoms with E-state index in [0.717, 1.165) is 0 Å². The molecule has 3 aliphatic rings. The van der Waals surface area contributed by atoms with Crippen molar-refractivity contribution in [3.63, 3.8) is 0 Å². The van der Waals surface area contributed by atoms with Crippen LogP contribution in [0.1, 0.15) is 0 Å². The van der Waals surface area contributed by atoms with Gasteiger partial charge < -0.3 is 9.80 Å². The van der Waals surface area contributed by atoms with E-state index in [1.54, 1.807) is 0 Å². The van der Waals surface area contributed by atoms with Gasteiger partial charge in [-0.15, -0.1) is 0 Å². The van der Waals surface area contributed by atoms with Crippen LogP contribution in [0.2, 0.25) is 0 Å². The fourth-order valence-electron chi connectivity index (χ4n) is 2.24. The van der Waals surface area contributed by atoms with Crippen molar-refractivity contribution in [3.8, 4) is 0 Å². The molecule has 0 aliphatic carbocycles. The number of hydrogen-bond donors (Lipinski definition) is 0. The lowest BCUT2D eigenvalue weighted by Gasteiger charge is -2.45. The summed E-state index contributed by atoms with van der Waals surface area (Å²) < 4.78 is 1.23. The van der Waals surface area contributed by atoms with Gasteiger partial charge in [-0.25, -0.2) is 0 Å². The molecule has 2 bridgehead atoms. The summed E-state index contributed by atoms with van der Waals surface area (Å²) in [5.41, 5.74) is 2.78. The smallest absolute Gasteiger partial charge is 0.0749 e. The van der Waals surface area contributed by atoms with Gasteiger partial charge >= 0.3 is 0 Å².